The van der Waals surface area contributed by atoms with Gasteiger partial charge in [0.2, 0.25) is 0 Å². The molecule has 0 N–H and O–H groups in total. The minimum absolute atomic E-state index is 0.0600. The lowest BCUT2D eigenvalue weighted by molar-refractivity contribution is 0.0951. The standard InChI is InChI=1S/C15H22FNO2/c1-5-17(11(2)3)10-9-13(18)15-12(16)7-6-8-14(15)19-4/h6-8,11H,5,9-10H2,1-4H3. The van der Waals surface area contributed by atoms with E-state index in [9.17, 15) is 9.18 Å². The maximum absolute atomic E-state index is 13.7. The van der Waals surface area contributed by atoms with Gasteiger partial charge in [-0.15, -0.1) is 0 Å². The van der Waals surface area contributed by atoms with Crippen molar-refractivity contribution in [2.24, 2.45) is 0 Å². The van der Waals surface area contributed by atoms with E-state index in [1.165, 1.54) is 19.2 Å². The van der Waals surface area contributed by atoms with Gasteiger partial charge < -0.3 is 9.64 Å². The highest BCUT2D eigenvalue weighted by molar-refractivity contribution is 5.99. The van der Waals surface area contributed by atoms with Crippen LogP contribution in [0.25, 0.3) is 0 Å². The molecule has 0 unspecified atom stereocenters. The molecular weight excluding hydrogens is 245 g/mol. The van der Waals surface area contributed by atoms with Crippen molar-refractivity contribution in [2.45, 2.75) is 33.2 Å². The highest BCUT2D eigenvalue weighted by Gasteiger charge is 2.18. The zero-order valence-corrected chi connectivity index (χ0v) is 12.1. The fourth-order valence-electron chi connectivity index (χ4n) is 2.10. The summed E-state index contributed by atoms with van der Waals surface area (Å²) in [5.41, 5.74) is 0.0600. The molecule has 0 saturated heterocycles. The molecule has 0 fully saturated rings. The van der Waals surface area contributed by atoms with Crippen molar-refractivity contribution in [3.05, 3.63) is 29.6 Å². The molecule has 0 saturated carbocycles. The number of Topliss-reactive ketones (excluding diaryl/α,β-unsaturated/α-hetero) is 1. The first-order chi connectivity index (χ1) is 9.01. The predicted octanol–water partition coefficient (Wildman–Crippen LogP) is 3.14. The van der Waals surface area contributed by atoms with Gasteiger partial charge in [0.05, 0.1) is 12.7 Å². The maximum Gasteiger partial charge on any atom is 0.170 e. The summed E-state index contributed by atoms with van der Waals surface area (Å²) >= 11 is 0. The van der Waals surface area contributed by atoms with Crippen LogP contribution in [0.3, 0.4) is 0 Å². The van der Waals surface area contributed by atoms with Crippen molar-refractivity contribution in [3.8, 4) is 5.75 Å². The van der Waals surface area contributed by atoms with Gasteiger partial charge in [0.1, 0.15) is 11.6 Å². The van der Waals surface area contributed by atoms with Gasteiger partial charge in [-0.3, -0.25) is 4.79 Å². The van der Waals surface area contributed by atoms with Gasteiger partial charge in [0.15, 0.2) is 5.78 Å². The summed E-state index contributed by atoms with van der Waals surface area (Å²) in [7, 11) is 1.44. The molecule has 106 valence electrons. The Morgan fingerprint density at radius 2 is 2.11 bits per heavy atom. The number of carbonyl (C=O) groups is 1. The second kappa shape index (κ2) is 7.24. The number of benzene rings is 1. The van der Waals surface area contributed by atoms with Crippen LogP contribution in [0.15, 0.2) is 18.2 Å². The van der Waals surface area contributed by atoms with Crippen molar-refractivity contribution in [3.63, 3.8) is 0 Å². The molecule has 0 radical (unpaired) electrons. The summed E-state index contributed by atoms with van der Waals surface area (Å²) in [5, 5.41) is 0. The van der Waals surface area contributed by atoms with Crippen molar-refractivity contribution in [2.75, 3.05) is 20.2 Å². The summed E-state index contributed by atoms with van der Waals surface area (Å²) in [6.07, 6.45) is 0.295. The first-order valence-corrected chi connectivity index (χ1v) is 6.61. The number of ketones is 1. The van der Waals surface area contributed by atoms with E-state index in [-0.39, 0.29) is 11.3 Å². The number of rotatable bonds is 7. The quantitative estimate of drug-likeness (QED) is 0.711. The van der Waals surface area contributed by atoms with Crippen molar-refractivity contribution in [1.29, 1.82) is 0 Å². The Hall–Kier alpha value is -1.42. The lowest BCUT2D eigenvalue weighted by Gasteiger charge is -2.24. The van der Waals surface area contributed by atoms with Crippen LogP contribution in [0.1, 0.15) is 37.6 Å². The van der Waals surface area contributed by atoms with Crippen LogP contribution in [-0.4, -0.2) is 36.9 Å². The Labute approximate surface area is 114 Å². The smallest absolute Gasteiger partial charge is 0.170 e. The number of methoxy groups -OCH3 is 1. The topological polar surface area (TPSA) is 29.5 Å². The van der Waals surface area contributed by atoms with Gasteiger partial charge in [-0.2, -0.15) is 0 Å². The van der Waals surface area contributed by atoms with E-state index in [0.717, 1.165) is 6.54 Å². The van der Waals surface area contributed by atoms with Crippen LogP contribution in [0.5, 0.6) is 5.75 Å². The van der Waals surface area contributed by atoms with E-state index >= 15 is 0 Å². The van der Waals surface area contributed by atoms with E-state index in [1.807, 2.05) is 6.92 Å². The minimum Gasteiger partial charge on any atom is -0.496 e. The van der Waals surface area contributed by atoms with Crippen molar-refractivity contribution >= 4 is 5.78 Å². The molecule has 0 aliphatic carbocycles. The third kappa shape index (κ3) is 4.03. The van der Waals surface area contributed by atoms with Gasteiger partial charge in [-0.05, 0) is 32.5 Å². The molecule has 0 atom stereocenters. The normalized spacial score (nSPS) is 11.1. The molecule has 0 aromatic heterocycles. The number of ether oxygens (including phenoxy) is 1. The van der Waals surface area contributed by atoms with Crippen LogP contribution in [0, 0.1) is 5.82 Å². The molecule has 1 rings (SSSR count). The third-order valence-electron chi connectivity index (χ3n) is 3.24. The molecule has 0 heterocycles. The van der Waals surface area contributed by atoms with E-state index in [1.54, 1.807) is 6.07 Å². The zero-order valence-electron chi connectivity index (χ0n) is 12.1. The number of halogens is 1. The number of nitrogens with zero attached hydrogens (tertiary/aromatic N) is 1. The van der Waals surface area contributed by atoms with Crippen molar-refractivity contribution < 1.29 is 13.9 Å². The first kappa shape index (κ1) is 15.6. The number of hydrogen-bond donors (Lipinski definition) is 0. The molecule has 0 bridgehead atoms. The minimum atomic E-state index is -0.517. The highest BCUT2D eigenvalue weighted by Crippen LogP contribution is 2.22. The summed E-state index contributed by atoms with van der Waals surface area (Å²) < 4.78 is 18.8. The average Bonchev–Trinajstić information content (AvgIpc) is 2.38. The molecule has 4 heteroatoms. The molecule has 0 amide bonds. The second-order valence-electron chi connectivity index (χ2n) is 4.71. The summed E-state index contributed by atoms with van der Waals surface area (Å²) in [6.45, 7) is 7.72. The van der Waals surface area contributed by atoms with Crippen LogP contribution in [-0.2, 0) is 0 Å². The summed E-state index contributed by atoms with van der Waals surface area (Å²) in [4.78, 5) is 14.3. The van der Waals surface area contributed by atoms with Crippen LogP contribution < -0.4 is 4.74 Å². The molecule has 0 aliphatic heterocycles. The lowest BCUT2D eigenvalue weighted by Crippen LogP contribution is -2.32. The molecule has 0 aliphatic rings. The predicted molar refractivity (Wildman–Crippen MR) is 74.3 cm³/mol. The summed E-state index contributed by atoms with van der Waals surface area (Å²) in [6, 6.07) is 4.81. The third-order valence-corrected chi connectivity index (χ3v) is 3.24. The average molecular weight is 267 g/mol. The van der Waals surface area contributed by atoms with E-state index in [4.69, 9.17) is 4.74 Å². The number of carbonyl (C=O) groups excluding carboxylic acids is 1. The van der Waals surface area contributed by atoms with Crippen LogP contribution >= 0.6 is 0 Å². The van der Waals surface area contributed by atoms with Gasteiger partial charge in [-0.25, -0.2) is 4.39 Å². The van der Waals surface area contributed by atoms with E-state index in [0.29, 0.717) is 24.8 Å². The van der Waals surface area contributed by atoms with Gasteiger partial charge in [0.25, 0.3) is 0 Å². The molecule has 1 aromatic rings. The largest absolute Gasteiger partial charge is 0.496 e. The van der Waals surface area contributed by atoms with Crippen LogP contribution in [0.2, 0.25) is 0 Å². The fourth-order valence-corrected chi connectivity index (χ4v) is 2.10. The second-order valence-corrected chi connectivity index (χ2v) is 4.71. The van der Waals surface area contributed by atoms with Crippen molar-refractivity contribution in [1.82, 2.24) is 4.90 Å². The molecule has 0 spiro atoms. The Kier molecular flexibility index (Phi) is 5.96. The SMILES string of the molecule is CCN(CCC(=O)c1c(F)cccc1OC)C(C)C. The van der Waals surface area contributed by atoms with Gasteiger partial charge >= 0.3 is 0 Å². The van der Waals surface area contributed by atoms with Crippen LogP contribution in [0.4, 0.5) is 4.39 Å². The Morgan fingerprint density at radius 3 is 2.63 bits per heavy atom. The Balaban J connectivity index is 2.79. The number of hydrogen-bond acceptors (Lipinski definition) is 3. The Morgan fingerprint density at radius 1 is 1.42 bits per heavy atom. The summed E-state index contributed by atoms with van der Waals surface area (Å²) in [5.74, 6) is -0.427. The molecule has 3 nitrogen and oxygen atoms in total. The first-order valence-electron chi connectivity index (χ1n) is 6.61. The fraction of sp³-hybridized carbons (Fsp3) is 0.533. The molecule has 19 heavy (non-hydrogen) atoms. The lowest BCUT2D eigenvalue weighted by atomic mass is 10.1. The van der Waals surface area contributed by atoms with E-state index < -0.39 is 5.82 Å². The molecular formula is C15H22FNO2. The Bertz CT molecular complexity index is 432. The van der Waals surface area contributed by atoms with E-state index in [2.05, 4.69) is 18.7 Å². The van der Waals surface area contributed by atoms with Gasteiger partial charge in [0, 0.05) is 19.0 Å². The highest BCUT2D eigenvalue weighted by atomic mass is 19.1. The van der Waals surface area contributed by atoms with Gasteiger partial charge in [-0.1, -0.05) is 13.0 Å². The maximum atomic E-state index is 13.7. The molecule has 1 aromatic carbocycles. The monoisotopic (exact) mass is 267 g/mol. The zero-order chi connectivity index (χ0) is 14.4.